The third-order valence-corrected chi connectivity index (χ3v) is 3.41. The van der Waals surface area contributed by atoms with E-state index in [1.807, 2.05) is 19.9 Å². The van der Waals surface area contributed by atoms with Gasteiger partial charge < -0.3 is 20.1 Å². The first-order valence-corrected chi connectivity index (χ1v) is 7.19. The standard InChI is InChI=1S/C16H22N2O5/c1-11-4-5-13(8-12(11)2)16(22)17-9-14(19)18(6-7-23-3)10-15(20)21/h4-5,8H,6-7,9-10H2,1-3H3,(H,17,22)(H,20,21). The van der Waals surface area contributed by atoms with Gasteiger partial charge in [-0.3, -0.25) is 14.4 Å². The van der Waals surface area contributed by atoms with Crippen LogP contribution in [-0.4, -0.2) is 61.1 Å². The van der Waals surface area contributed by atoms with Crippen molar-refractivity contribution < 1.29 is 24.2 Å². The first-order chi connectivity index (χ1) is 10.8. The normalized spacial score (nSPS) is 10.2. The van der Waals surface area contributed by atoms with E-state index in [9.17, 15) is 14.4 Å². The minimum Gasteiger partial charge on any atom is -0.480 e. The molecule has 1 aromatic carbocycles. The van der Waals surface area contributed by atoms with Gasteiger partial charge in [0, 0.05) is 19.2 Å². The number of aryl methyl sites for hydroxylation is 2. The molecule has 0 bridgehead atoms. The Hall–Kier alpha value is -2.41. The van der Waals surface area contributed by atoms with Gasteiger partial charge in [0.25, 0.3) is 5.91 Å². The zero-order valence-electron chi connectivity index (χ0n) is 13.6. The molecule has 0 saturated heterocycles. The minimum atomic E-state index is -1.12. The van der Waals surface area contributed by atoms with Gasteiger partial charge >= 0.3 is 5.97 Å². The molecule has 0 heterocycles. The highest BCUT2D eigenvalue weighted by Crippen LogP contribution is 2.09. The van der Waals surface area contributed by atoms with E-state index in [0.29, 0.717) is 5.56 Å². The Morgan fingerprint density at radius 1 is 1.22 bits per heavy atom. The van der Waals surface area contributed by atoms with Crippen LogP contribution in [0.25, 0.3) is 0 Å². The number of hydrogen-bond acceptors (Lipinski definition) is 4. The second-order valence-corrected chi connectivity index (χ2v) is 5.18. The largest absolute Gasteiger partial charge is 0.480 e. The number of benzene rings is 1. The summed E-state index contributed by atoms with van der Waals surface area (Å²) in [6.07, 6.45) is 0. The number of methoxy groups -OCH3 is 1. The van der Waals surface area contributed by atoms with Gasteiger partial charge in [0.1, 0.15) is 6.54 Å². The summed E-state index contributed by atoms with van der Waals surface area (Å²) in [6.45, 7) is 3.53. The van der Waals surface area contributed by atoms with Crippen LogP contribution < -0.4 is 5.32 Å². The van der Waals surface area contributed by atoms with Crippen LogP contribution in [0.15, 0.2) is 18.2 Å². The number of aliphatic carboxylic acids is 1. The van der Waals surface area contributed by atoms with Crippen molar-refractivity contribution >= 4 is 17.8 Å². The lowest BCUT2D eigenvalue weighted by Gasteiger charge is -2.20. The van der Waals surface area contributed by atoms with E-state index in [0.717, 1.165) is 16.0 Å². The fraction of sp³-hybridized carbons (Fsp3) is 0.438. The summed E-state index contributed by atoms with van der Waals surface area (Å²) < 4.78 is 4.85. The van der Waals surface area contributed by atoms with Crippen molar-refractivity contribution in [2.24, 2.45) is 0 Å². The first kappa shape index (κ1) is 18.6. The average molecular weight is 322 g/mol. The van der Waals surface area contributed by atoms with Crippen LogP contribution >= 0.6 is 0 Å². The van der Waals surface area contributed by atoms with E-state index in [2.05, 4.69) is 5.32 Å². The number of nitrogens with one attached hydrogen (secondary N) is 1. The van der Waals surface area contributed by atoms with Crippen molar-refractivity contribution in [1.29, 1.82) is 0 Å². The summed E-state index contributed by atoms with van der Waals surface area (Å²) in [4.78, 5) is 36.0. The summed E-state index contributed by atoms with van der Waals surface area (Å²) in [5.74, 6) is -1.96. The Morgan fingerprint density at radius 3 is 2.48 bits per heavy atom. The average Bonchev–Trinajstić information content (AvgIpc) is 2.51. The van der Waals surface area contributed by atoms with Gasteiger partial charge in [0.15, 0.2) is 0 Å². The van der Waals surface area contributed by atoms with Crippen LogP contribution in [0.3, 0.4) is 0 Å². The summed E-state index contributed by atoms with van der Waals surface area (Å²) in [7, 11) is 1.46. The van der Waals surface area contributed by atoms with Crippen LogP contribution in [0.5, 0.6) is 0 Å². The van der Waals surface area contributed by atoms with Crippen LogP contribution in [0, 0.1) is 13.8 Å². The maximum absolute atomic E-state index is 12.0. The molecule has 0 aromatic heterocycles. The molecule has 2 N–H and O–H groups in total. The highest BCUT2D eigenvalue weighted by Gasteiger charge is 2.17. The van der Waals surface area contributed by atoms with E-state index < -0.39 is 18.4 Å². The van der Waals surface area contributed by atoms with E-state index in [-0.39, 0.29) is 25.6 Å². The van der Waals surface area contributed by atoms with Gasteiger partial charge in [0.2, 0.25) is 5.91 Å². The second-order valence-electron chi connectivity index (χ2n) is 5.18. The molecule has 0 atom stereocenters. The molecular formula is C16H22N2O5. The predicted molar refractivity (Wildman–Crippen MR) is 84.3 cm³/mol. The number of carbonyl (C=O) groups is 3. The van der Waals surface area contributed by atoms with E-state index in [4.69, 9.17) is 9.84 Å². The third-order valence-electron chi connectivity index (χ3n) is 3.41. The molecule has 0 fully saturated rings. The lowest BCUT2D eigenvalue weighted by atomic mass is 10.1. The minimum absolute atomic E-state index is 0.154. The number of rotatable bonds is 8. The Labute approximate surface area is 135 Å². The Kier molecular flexibility index (Phi) is 7.21. The molecule has 0 aliphatic rings. The lowest BCUT2D eigenvalue weighted by Crippen LogP contribution is -2.44. The molecule has 0 aliphatic carbocycles. The maximum atomic E-state index is 12.0. The molecule has 126 valence electrons. The van der Waals surface area contributed by atoms with E-state index in [1.54, 1.807) is 12.1 Å². The lowest BCUT2D eigenvalue weighted by molar-refractivity contribution is -0.144. The topological polar surface area (TPSA) is 95.9 Å². The molecule has 0 aliphatic heterocycles. The molecule has 0 saturated carbocycles. The third kappa shape index (κ3) is 6.07. The molecule has 1 aromatic rings. The van der Waals surface area contributed by atoms with Crippen LogP contribution in [0.1, 0.15) is 21.5 Å². The fourth-order valence-corrected chi connectivity index (χ4v) is 1.91. The summed E-state index contributed by atoms with van der Waals surface area (Å²) >= 11 is 0. The summed E-state index contributed by atoms with van der Waals surface area (Å²) in [5.41, 5.74) is 2.52. The van der Waals surface area contributed by atoms with Gasteiger partial charge in [-0.15, -0.1) is 0 Å². The SMILES string of the molecule is COCCN(CC(=O)O)C(=O)CNC(=O)c1ccc(C)c(C)c1. The van der Waals surface area contributed by atoms with Crippen LogP contribution in [0.2, 0.25) is 0 Å². The molecule has 0 unspecified atom stereocenters. The number of nitrogens with zero attached hydrogens (tertiary/aromatic N) is 1. The zero-order valence-corrected chi connectivity index (χ0v) is 13.6. The molecule has 0 spiro atoms. The Morgan fingerprint density at radius 2 is 1.91 bits per heavy atom. The van der Waals surface area contributed by atoms with Gasteiger partial charge in [-0.2, -0.15) is 0 Å². The monoisotopic (exact) mass is 322 g/mol. The highest BCUT2D eigenvalue weighted by atomic mass is 16.5. The summed E-state index contributed by atoms with van der Waals surface area (Å²) in [6, 6.07) is 5.26. The van der Waals surface area contributed by atoms with Gasteiger partial charge in [-0.25, -0.2) is 0 Å². The smallest absolute Gasteiger partial charge is 0.323 e. The quantitative estimate of drug-likeness (QED) is 0.730. The van der Waals surface area contributed by atoms with Crippen molar-refractivity contribution in [3.05, 3.63) is 34.9 Å². The van der Waals surface area contributed by atoms with Gasteiger partial charge in [-0.1, -0.05) is 6.07 Å². The number of ether oxygens (including phenoxy) is 1. The van der Waals surface area contributed by atoms with Gasteiger partial charge in [-0.05, 0) is 37.1 Å². The van der Waals surface area contributed by atoms with Crippen molar-refractivity contribution in [1.82, 2.24) is 10.2 Å². The maximum Gasteiger partial charge on any atom is 0.323 e. The van der Waals surface area contributed by atoms with Crippen molar-refractivity contribution in [2.75, 3.05) is 33.4 Å². The number of carboxylic acid groups (broad SMARTS) is 1. The first-order valence-electron chi connectivity index (χ1n) is 7.19. The molecule has 2 amide bonds. The number of carbonyl (C=O) groups excluding carboxylic acids is 2. The summed E-state index contributed by atoms with van der Waals surface area (Å²) in [5, 5.41) is 11.3. The molecule has 0 radical (unpaired) electrons. The van der Waals surface area contributed by atoms with E-state index in [1.165, 1.54) is 7.11 Å². The number of hydrogen-bond donors (Lipinski definition) is 2. The Bertz CT molecular complexity index is 586. The van der Waals surface area contributed by atoms with E-state index >= 15 is 0 Å². The number of carboxylic acids is 1. The molecule has 7 heteroatoms. The molecule has 1 rings (SSSR count). The molecule has 23 heavy (non-hydrogen) atoms. The second kappa shape index (κ2) is 8.89. The fourth-order valence-electron chi connectivity index (χ4n) is 1.91. The molecular weight excluding hydrogens is 300 g/mol. The molecule has 7 nitrogen and oxygen atoms in total. The zero-order chi connectivity index (χ0) is 17.4. The highest BCUT2D eigenvalue weighted by molar-refractivity contribution is 5.96. The van der Waals surface area contributed by atoms with Crippen molar-refractivity contribution in [3.63, 3.8) is 0 Å². The van der Waals surface area contributed by atoms with Crippen molar-refractivity contribution in [3.8, 4) is 0 Å². The number of amides is 2. The van der Waals surface area contributed by atoms with Crippen LogP contribution in [-0.2, 0) is 14.3 Å². The Balaban J connectivity index is 2.62. The van der Waals surface area contributed by atoms with Crippen molar-refractivity contribution in [2.45, 2.75) is 13.8 Å². The van der Waals surface area contributed by atoms with Crippen LogP contribution in [0.4, 0.5) is 0 Å². The van der Waals surface area contributed by atoms with Gasteiger partial charge in [0.05, 0.1) is 13.2 Å². The predicted octanol–water partition coefficient (Wildman–Crippen LogP) is 0.593.